The van der Waals surface area contributed by atoms with Crippen molar-refractivity contribution in [1.29, 1.82) is 0 Å². The molecule has 6 nitrogen and oxygen atoms in total. The number of methoxy groups -OCH3 is 1. The highest BCUT2D eigenvalue weighted by atomic mass is 16.5. The van der Waals surface area contributed by atoms with Crippen molar-refractivity contribution < 1.29 is 18.8 Å². The van der Waals surface area contributed by atoms with E-state index in [0.29, 0.717) is 6.42 Å². The third-order valence-electron chi connectivity index (χ3n) is 3.02. The average molecular weight is 264 g/mol. The summed E-state index contributed by atoms with van der Waals surface area (Å²) in [5.41, 5.74) is 0.830. The van der Waals surface area contributed by atoms with Crippen LogP contribution in [-0.4, -0.2) is 43.0 Å². The van der Waals surface area contributed by atoms with Crippen LogP contribution >= 0.6 is 0 Å². The highest BCUT2D eigenvalue weighted by Gasteiger charge is 2.47. The molecule has 0 radical (unpaired) electrons. The van der Waals surface area contributed by atoms with E-state index in [1.54, 1.807) is 25.1 Å². The van der Waals surface area contributed by atoms with Crippen LogP contribution < -0.4 is 0 Å². The Morgan fingerprint density at radius 1 is 1.53 bits per heavy atom. The molecule has 1 fully saturated rings. The van der Waals surface area contributed by atoms with E-state index in [4.69, 9.17) is 4.52 Å². The third kappa shape index (κ3) is 2.83. The van der Waals surface area contributed by atoms with Crippen LogP contribution in [0, 0.1) is 5.92 Å². The monoisotopic (exact) mass is 264 g/mol. The Morgan fingerprint density at radius 3 is 2.79 bits per heavy atom. The smallest absolute Gasteiger partial charge is 0.342 e. The molecule has 102 valence electrons. The second kappa shape index (κ2) is 5.26. The fourth-order valence-corrected chi connectivity index (χ4v) is 2.01. The van der Waals surface area contributed by atoms with Crippen LogP contribution in [0.4, 0.5) is 0 Å². The normalized spacial score (nSPS) is 21.9. The van der Waals surface area contributed by atoms with E-state index >= 15 is 0 Å². The van der Waals surface area contributed by atoms with E-state index in [9.17, 15) is 9.59 Å². The zero-order valence-electron chi connectivity index (χ0n) is 11.1. The number of rotatable bonds is 5. The quantitative estimate of drug-likeness (QED) is 0.341. The lowest BCUT2D eigenvalue weighted by Gasteiger charge is -2.09. The van der Waals surface area contributed by atoms with Gasteiger partial charge in [0.15, 0.2) is 5.78 Å². The molecular weight excluding hydrogens is 248 g/mol. The first-order valence-electron chi connectivity index (χ1n) is 5.95. The first-order valence-corrected chi connectivity index (χ1v) is 5.95. The van der Waals surface area contributed by atoms with E-state index in [1.807, 2.05) is 0 Å². The van der Waals surface area contributed by atoms with Crippen molar-refractivity contribution in [2.24, 2.45) is 5.92 Å². The van der Waals surface area contributed by atoms with E-state index in [2.05, 4.69) is 9.89 Å². The molecule has 1 aromatic rings. The molecule has 1 heterocycles. The number of ketones is 1. The number of ether oxygens (including phenoxy) is 1. The summed E-state index contributed by atoms with van der Waals surface area (Å²) in [5, 5.41) is 3.82. The van der Waals surface area contributed by atoms with Crippen molar-refractivity contribution in [3.05, 3.63) is 29.8 Å². The Labute approximate surface area is 111 Å². The molecular formula is C13H16N2O4. The summed E-state index contributed by atoms with van der Waals surface area (Å²) in [6, 6.07) is 1.74. The minimum absolute atomic E-state index is 0.0430. The van der Waals surface area contributed by atoms with Crippen molar-refractivity contribution >= 4 is 11.8 Å². The summed E-state index contributed by atoms with van der Waals surface area (Å²) in [6.45, 7) is 0. The Kier molecular flexibility index (Phi) is 3.69. The van der Waals surface area contributed by atoms with Crippen molar-refractivity contribution in [2.75, 3.05) is 21.2 Å². The number of hydrogen-bond donors (Lipinski definition) is 0. The lowest BCUT2D eigenvalue weighted by Crippen LogP contribution is -2.19. The predicted octanol–water partition coefficient (Wildman–Crippen LogP) is 0.966. The molecule has 0 bridgehead atoms. The molecule has 2 rings (SSSR count). The fraction of sp³-hybridized carbons (Fsp3) is 0.462. The van der Waals surface area contributed by atoms with Crippen molar-refractivity contribution in [3.8, 4) is 0 Å². The van der Waals surface area contributed by atoms with Crippen LogP contribution in [0.15, 0.2) is 28.6 Å². The van der Waals surface area contributed by atoms with Crippen LogP contribution in [0.2, 0.25) is 0 Å². The van der Waals surface area contributed by atoms with Crippen LogP contribution in [-0.2, 0) is 14.3 Å². The molecule has 1 saturated carbocycles. The topological polar surface area (TPSA) is 72.6 Å². The molecule has 0 amide bonds. The molecule has 0 N–H and O–H groups in total. The van der Waals surface area contributed by atoms with Gasteiger partial charge in [-0.25, -0.2) is 4.79 Å². The Hall–Kier alpha value is -2.11. The second-order valence-corrected chi connectivity index (χ2v) is 4.74. The van der Waals surface area contributed by atoms with Gasteiger partial charge >= 0.3 is 5.97 Å². The fourth-order valence-electron chi connectivity index (χ4n) is 2.01. The van der Waals surface area contributed by atoms with Crippen LogP contribution in [0.3, 0.4) is 0 Å². The van der Waals surface area contributed by atoms with Crippen molar-refractivity contribution in [1.82, 2.24) is 10.1 Å². The van der Waals surface area contributed by atoms with E-state index in [1.165, 1.54) is 19.6 Å². The second-order valence-electron chi connectivity index (χ2n) is 4.74. The third-order valence-corrected chi connectivity index (χ3v) is 3.02. The summed E-state index contributed by atoms with van der Waals surface area (Å²) in [4.78, 5) is 25.6. The lowest BCUT2D eigenvalue weighted by atomic mass is 10.1. The number of hydrogen-bond acceptors (Lipinski definition) is 6. The van der Waals surface area contributed by atoms with Gasteiger partial charge in [0.1, 0.15) is 11.8 Å². The summed E-state index contributed by atoms with van der Waals surface area (Å²) in [6.07, 6.45) is 3.66. The number of carbonyl (C=O) groups excluding carboxylic acids is 2. The zero-order chi connectivity index (χ0) is 14.0. The van der Waals surface area contributed by atoms with E-state index < -0.39 is 5.97 Å². The molecule has 2 atom stereocenters. The summed E-state index contributed by atoms with van der Waals surface area (Å²) in [7, 11) is 4.76. The lowest BCUT2D eigenvalue weighted by molar-refractivity contribution is -0.138. The first-order chi connectivity index (χ1) is 9.04. The van der Waals surface area contributed by atoms with Crippen molar-refractivity contribution in [2.45, 2.75) is 12.3 Å². The van der Waals surface area contributed by atoms with Crippen LogP contribution in [0.5, 0.6) is 0 Å². The van der Waals surface area contributed by atoms with Gasteiger partial charge in [0.25, 0.3) is 0 Å². The van der Waals surface area contributed by atoms with Crippen LogP contribution in [0.1, 0.15) is 18.0 Å². The predicted molar refractivity (Wildman–Crippen MR) is 66.1 cm³/mol. The van der Waals surface area contributed by atoms with Gasteiger partial charge in [-0.2, -0.15) is 0 Å². The SMILES string of the molecule is COC(=O)/C(=C\N(C)C)C(=O)C1CC1c1ccon1. The first kappa shape index (κ1) is 13.3. The van der Waals surface area contributed by atoms with Gasteiger partial charge in [0.2, 0.25) is 0 Å². The highest BCUT2D eigenvalue weighted by molar-refractivity contribution is 6.19. The number of Topliss-reactive ketones (excluding diaryl/α,β-unsaturated/α-hetero) is 1. The summed E-state index contributed by atoms with van der Waals surface area (Å²) >= 11 is 0. The standard InChI is InChI=1S/C13H16N2O4/c1-15(2)7-10(13(17)18-3)12(16)9-6-8(9)11-4-5-19-14-11/h4-5,7-9H,6H2,1-3H3/b10-7-. The molecule has 1 aliphatic carbocycles. The maximum atomic E-state index is 12.3. The largest absolute Gasteiger partial charge is 0.465 e. The van der Waals surface area contributed by atoms with Gasteiger partial charge in [-0.1, -0.05) is 5.16 Å². The van der Waals surface area contributed by atoms with Crippen molar-refractivity contribution in [3.63, 3.8) is 0 Å². The molecule has 0 aliphatic heterocycles. The molecule has 0 spiro atoms. The molecule has 0 aromatic carbocycles. The minimum Gasteiger partial charge on any atom is -0.465 e. The Bertz CT molecular complexity index is 505. The molecule has 1 aliphatic rings. The maximum absolute atomic E-state index is 12.3. The van der Waals surface area contributed by atoms with Gasteiger partial charge in [0.05, 0.1) is 12.8 Å². The van der Waals surface area contributed by atoms with E-state index in [0.717, 1.165) is 5.69 Å². The number of esters is 1. The number of nitrogens with zero attached hydrogens (tertiary/aromatic N) is 2. The van der Waals surface area contributed by atoms with Gasteiger partial charge in [0, 0.05) is 38.2 Å². The van der Waals surface area contributed by atoms with Gasteiger partial charge < -0.3 is 14.2 Å². The molecule has 19 heavy (non-hydrogen) atoms. The highest BCUT2D eigenvalue weighted by Crippen LogP contribution is 2.48. The van der Waals surface area contributed by atoms with Crippen LogP contribution in [0.25, 0.3) is 0 Å². The Balaban J connectivity index is 2.12. The summed E-state index contributed by atoms with van der Waals surface area (Å²) < 4.78 is 9.41. The number of aromatic nitrogens is 1. The minimum atomic E-state index is -0.607. The molecule has 2 unspecified atom stereocenters. The van der Waals surface area contributed by atoms with Gasteiger partial charge in [-0.05, 0) is 6.42 Å². The van der Waals surface area contributed by atoms with Gasteiger partial charge in [-0.15, -0.1) is 0 Å². The maximum Gasteiger partial charge on any atom is 0.342 e. The number of carbonyl (C=O) groups is 2. The van der Waals surface area contributed by atoms with Gasteiger partial charge in [-0.3, -0.25) is 4.79 Å². The molecule has 6 heteroatoms. The van der Waals surface area contributed by atoms with E-state index in [-0.39, 0.29) is 23.2 Å². The molecule has 1 aromatic heterocycles. The Morgan fingerprint density at radius 2 is 2.26 bits per heavy atom. The summed E-state index contributed by atoms with van der Waals surface area (Å²) in [5.74, 6) is -0.977. The average Bonchev–Trinajstić information content (AvgIpc) is 3.00. The molecule has 0 saturated heterocycles. The zero-order valence-corrected chi connectivity index (χ0v) is 11.1.